The van der Waals surface area contributed by atoms with Gasteiger partial charge in [0.05, 0.1) is 26.7 Å². The molecule has 4 aromatic carbocycles. The first-order valence-corrected chi connectivity index (χ1v) is 29.7. The summed E-state index contributed by atoms with van der Waals surface area (Å²) in [4.78, 5) is -1.26. The van der Waals surface area contributed by atoms with Crippen molar-refractivity contribution >= 4 is 99.3 Å². The molecule has 0 fully saturated rings. The van der Waals surface area contributed by atoms with Crippen molar-refractivity contribution in [2.24, 2.45) is 0 Å². The SMILES string of the molecule is CC1(C)C(/C=C/C=C/C=C/C=C2/N(CCCCS(=O)(=O)O)c3ccc4cc(S(=O)(=O)O)cc(S(=O)(=O)O)c4c3C2(C)C)=[N+](CCCCS(=O)(=O)O)c2ccc3cc(S(=O)(=O)O)cc(S(=O)(=O)O)c3c21. The first kappa shape index (κ1) is 53.6. The molecule has 0 radical (unpaired) electrons. The summed E-state index contributed by atoms with van der Waals surface area (Å²) in [5.74, 6) is -1.04. The van der Waals surface area contributed by atoms with Crippen molar-refractivity contribution in [2.75, 3.05) is 29.5 Å². The molecule has 0 spiro atoms. The van der Waals surface area contributed by atoms with E-state index in [2.05, 4.69) is 0 Å². The van der Waals surface area contributed by atoms with Crippen LogP contribution in [0.5, 0.6) is 0 Å². The molecule has 0 aromatic heterocycles. The van der Waals surface area contributed by atoms with Gasteiger partial charge in [-0.3, -0.25) is 27.3 Å². The maximum atomic E-state index is 12.8. The fraction of sp³-hybridized carbons (Fsp3) is 0.326. The fourth-order valence-electron chi connectivity index (χ4n) is 9.06. The van der Waals surface area contributed by atoms with Gasteiger partial charge in [0, 0.05) is 58.2 Å². The summed E-state index contributed by atoms with van der Waals surface area (Å²) in [6, 6.07) is 9.50. The van der Waals surface area contributed by atoms with Crippen molar-refractivity contribution in [1.82, 2.24) is 0 Å². The van der Waals surface area contributed by atoms with Gasteiger partial charge in [-0.15, -0.1) is 0 Å². The van der Waals surface area contributed by atoms with E-state index in [1.165, 1.54) is 12.1 Å². The standard InChI is InChI=1S/C43H48N2O18S6/c1-42(2)36(44(20-10-12-22-64(46,47)48)32-18-16-28-24-30(66(52,53)54)26-34(68(58,59)60)38(28)40(32)42)14-8-6-5-7-9-15-37-43(3,4)41-33(45(37)21-11-13-23-65(49,50)51)19-17-29-25-31(67(55,56)57)27-35(39(29)41)69(61,62)63/h5-9,14-19,24-27H,10-13,20-23H2,1-4H3,(H5-,46,47,48,49,50,51,52,53,54,55,56,57,58,59,60,61,62,63)/p+1. The molecule has 0 atom stereocenters. The van der Waals surface area contributed by atoms with E-state index in [0.717, 1.165) is 12.1 Å². The number of fused-ring (bicyclic) bond motifs is 6. The lowest BCUT2D eigenvalue weighted by Gasteiger charge is -2.27. The van der Waals surface area contributed by atoms with Gasteiger partial charge in [-0.1, -0.05) is 50.3 Å². The van der Waals surface area contributed by atoms with Crippen molar-refractivity contribution in [3.05, 3.63) is 108 Å². The molecule has 2 aliphatic heterocycles. The van der Waals surface area contributed by atoms with Gasteiger partial charge in [-0.2, -0.15) is 55.1 Å². The van der Waals surface area contributed by atoms with Gasteiger partial charge >= 0.3 is 0 Å². The molecule has 2 heterocycles. The van der Waals surface area contributed by atoms with Crippen molar-refractivity contribution in [1.29, 1.82) is 0 Å². The van der Waals surface area contributed by atoms with Crippen molar-refractivity contribution in [3.63, 3.8) is 0 Å². The second-order valence-electron chi connectivity index (χ2n) is 17.5. The van der Waals surface area contributed by atoms with Gasteiger partial charge in [0.1, 0.15) is 16.3 Å². The number of rotatable bonds is 18. The van der Waals surface area contributed by atoms with Crippen LogP contribution >= 0.6 is 0 Å². The predicted octanol–water partition coefficient (Wildman–Crippen LogP) is 6.04. The van der Waals surface area contributed by atoms with Crippen molar-refractivity contribution < 1.29 is 82.4 Å². The van der Waals surface area contributed by atoms with E-state index < -0.39 is 103 Å². The molecule has 6 N–H and O–H groups in total. The molecular weight excluding hydrogens is 1020 g/mol. The largest absolute Gasteiger partial charge is 0.344 e. The molecule has 26 heteroatoms. The lowest BCUT2D eigenvalue weighted by molar-refractivity contribution is -0.438. The van der Waals surface area contributed by atoms with Gasteiger partial charge in [0.15, 0.2) is 5.71 Å². The van der Waals surface area contributed by atoms with Crippen LogP contribution in [0.1, 0.15) is 64.5 Å². The van der Waals surface area contributed by atoms with Gasteiger partial charge < -0.3 is 4.90 Å². The molecule has 4 aromatic rings. The van der Waals surface area contributed by atoms with E-state index in [9.17, 15) is 77.8 Å². The highest BCUT2D eigenvalue weighted by Gasteiger charge is 2.47. The Morgan fingerprint density at radius 3 is 1.52 bits per heavy atom. The molecule has 374 valence electrons. The topological polar surface area (TPSA) is 332 Å². The predicted molar refractivity (Wildman–Crippen MR) is 257 cm³/mol. The van der Waals surface area contributed by atoms with E-state index in [0.29, 0.717) is 46.0 Å². The van der Waals surface area contributed by atoms with Crippen LogP contribution in [0.25, 0.3) is 21.5 Å². The van der Waals surface area contributed by atoms with Crippen LogP contribution in [0.3, 0.4) is 0 Å². The summed E-state index contributed by atoms with van der Waals surface area (Å²) in [5, 5.41) is 0.118. The van der Waals surface area contributed by atoms with Crippen molar-refractivity contribution in [3.8, 4) is 0 Å². The molecule has 6 rings (SSSR count). The fourth-order valence-corrected chi connectivity index (χ4v) is 12.9. The minimum atomic E-state index is -5.09. The highest BCUT2D eigenvalue weighted by Crippen LogP contribution is 2.52. The molecule has 0 saturated heterocycles. The number of nitrogens with zero attached hydrogens (tertiary/aromatic N) is 2. The van der Waals surface area contributed by atoms with Crippen LogP contribution in [0.2, 0.25) is 0 Å². The average molecular weight is 1070 g/mol. The van der Waals surface area contributed by atoms with Crippen molar-refractivity contribution in [2.45, 2.75) is 83.8 Å². The summed E-state index contributed by atoms with van der Waals surface area (Å²) in [6.45, 7) is 7.38. The zero-order valence-corrected chi connectivity index (χ0v) is 42.1. The molecule has 0 amide bonds. The average Bonchev–Trinajstić information content (AvgIpc) is 3.55. The highest BCUT2D eigenvalue weighted by molar-refractivity contribution is 7.87. The Morgan fingerprint density at radius 2 is 1.01 bits per heavy atom. The van der Waals surface area contributed by atoms with Gasteiger partial charge in [0.25, 0.3) is 60.7 Å². The van der Waals surface area contributed by atoms with E-state index >= 15 is 0 Å². The molecular formula is C43H49N2O18S6+. The van der Waals surface area contributed by atoms with E-state index in [4.69, 9.17) is 0 Å². The summed E-state index contributed by atoms with van der Waals surface area (Å²) < 4.78 is 206. The van der Waals surface area contributed by atoms with E-state index in [1.54, 1.807) is 91.8 Å². The molecule has 0 unspecified atom stereocenters. The third-order valence-corrected chi connectivity index (χ3v) is 17.0. The third-order valence-electron chi connectivity index (χ3n) is 11.9. The zero-order valence-electron chi connectivity index (χ0n) is 37.2. The Morgan fingerprint density at radius 1 is 0.536 bits per heavy atom. The Bertz CT molecular complexity index is 3670. The summed E-state index contributed by atoms with van der Waals surface area (Å²) in [6.07, 6.45) is 12.3. The van der Waals surface area contributed by atoms with Crippen LogP contribution in [-0.2, 0) is 71.5 Å². The second-order valence-corrected chi connectivity index (χ2v) is 26.2. The minimum absolute atomic E-state index is 0.0141. The first-order chi connectivity index (χ1) is 31.5. The number of benzene rings is 4. The van der Waals surface area contributed by atoms with Crippen LogP contribution in [0.4, 0.5) is 11.4 Å². The Labute approximate surface area is 400 Å². The van der Waals surface area contributed by atoms with Crippen LogP contribution < -0.4 is 4.90 Å². The summed E-state index contributed by atoms with van der Waals surface area (Å²) in [5.41, 5.74) is 0.668. The number of anilines is 1. The second kappa shape index (κ2) is 18.8. The monoisotopic (exact) mass is 1070 g/mol. The maximum Gasteiger partial charge on any atom is 0.295 e. The van der Waals surface area contributed by atoms with E-state index in [1.807, 2.05) is 0 Å². The zero-order chi connectivity index (χ0) is 51.5. The molecule has 0 saturated carbocycles. The number of hydrogen-bond acceptors (Lipinski definition) is 13. The summed E-state index contributed by atoms with van der Waals surface area (Å²) >= 11 is 0. The third kappa shape index (κ3) is 11.6. The minimum Gasteiger partial charge on any atom is -0.344 e. The number of unbranched alkanes of at least 4 members (excludes halogenated alkanes) is 2. The smallest absolute Gasteiger partial charge is 0.295 e. The van der Waals surface area contributed by atoms with Crippen LogP contribution in [0.15, 0.2) is 116 Å². The number of hydrogen-bond donors (Lipinski definition) is 6. The lowest BCUT2D eigenvalue weighted by Crippen LogP contribution is -2.28. The Kier molecular flexibility index (Phi) is 14.6. The van der Waals surface area contributed by atoms with Gasteiger partial charge in [0.2, 0.25) is 5.69 Å². The number of allylic oxidation sites excluding steroid dienone is 8. The quantitative estimate of drug-likeness (QED) is 0.0286. The molecule has 20 nitrogen and oxygen atoms in total. The molecule has 69 heavy (non-hydrogen) atoms. The van der Waals surface area contributed by atoms with Crippen LogP contribution in [-0.4, -0.2) is 113 Å². The lowest BCUT2D eigenvalue weighted by atomic mass is 9.79. The van der Waals surface area contributed by atoms with Gasteiger partial charge in [-0.25, -0.2) is 0 Å². The normalized spacial score (nSPS) is 17.4. The summed E-state index contributed by atoms with van der Waals surface area (Å²) in [7, 11) is -28.6. The van der Waals surface area contributed by atoms with Gasteiger partial charge in [-0.05, 0) is 91.9 Å². The Balaban J connectivity index is 1.40. The van der Waals surface area contributed by atoms with Crippen LogP contribution in [0, 0.1) is 0 Å². The van der Waals surface area contributed by atoms with E-state index in [-0.39, 0.29) is 60.3 Å². The maximum absolute atomic E-state index is 12.8. The molecule has 0 bridgehead atoms. The Hall–Kier alpha value is -4.71. The molecule has 2 aliphatic rings. The first-order valence-electron chi connectivity index (χ1n) is 20.7. The molecule has 0 aliphatic carbocycles. The highest BCUT2D eigenvalue weighted by atomic mass is 32.2.